The van der Waals surface area contributed by atoms with Gasteiger partial charge in [0.2, 0.25) is 5.91 Å². The van der Waals surface area contributed by atoms with Crippen molar-refractivity contribution >= 4 is 5.91 Å². The molecule has 16 heavy (non-hydrogen) atoms. The predicted octanol–water partition coefficient (Wildman–Crippen LogP) is 2.85. The van der Waals surface area contributed by atoms with Gasteiger partial charge >= 0.3 is 0 Å². The minimum atomic E-state index is -0.231. The maximum Gasteiger partial charge on any atom is 0.220 e. The van der Waals surface area contributed by atoms with Crippen molar-refractivity contribution in [3.63, 3.8) is 0 Å². The summed E-state index contributed by atoms with van der Waals surface area (Å²) in [7, 11) is 0. The summed E-state index contributed by atoms with van der Waals surface area (Å²) in [6, 6.07) is 6.40. The molecule has 3 heteroatoms. The van der Waals surface area contributed by atoms with E-state index in [0.29, 0.717) is 13.0 Å². The van der Waals surface area contributed by atoms with Crippen molar-refractivity contribution in [1.82, 2.24) is 5.32 Å². The molecule has 0 spiro atoms. The molecule has 1 unspecified atom stereocenters. The average molecular weight is 223 g/mol. The average Bonchev–Trinajstić information content (AvgIpc) is 2.27. The van der Waals surface area contributed by atoms with Crippen LogP contribution in [0.15, 0.2) is 24.3 Å². The fourth-order valence-electron chi connectivity index (χ4n) is 1.49. The molecule has 1 N–H and O–H groups in total. The van der Waals surface area contributed by atoms with Crippen molar-refractivity contribution in [3.8, 4) is 0 Å². The Hall–Kier alpha value is -1.38. The summed E-state index contributed by atoms with van der Waals surface area (Å²) in [5, 5.41) is 2.86. The van der Waals surface area contributed by atoms with E-state index in [1.165, 1.54) is 12.1 Å². The Kier molecular flexibility index (Phi) is 4.96. The Balaban J connectivity index is 2.43. The number of carbonyl (C=O) groups excluding carboxylic acids is 1. The Morgan fingerprint density at radius 3 is 2.56 bits per heavy atom. The van der Waals surface area contributed by atoms with Crippen LogP contribution < -0.4 is 5.32 Å². The molecule has 1 aromatic carbocycles. The molecule has 0 aliphatic rings. The molecular formula is C13H18FNO. The largest absolute Gasteiger partial charge is 0.356 e. The highest BCUT2D eigenvalue weighted by atomic mass is 19.1. The van der Waals surface area contributed by atoms with Crippen LogP contribution in [0.2, 0.25) is 0 Å². The van der Waals surface area contributed by atoms with Crippen molar-refractivity contribution in [2.24, 2.45) is 0 Å². The topological polar surface area (TPSA) is 29.1 Å². The third kappa shape index (κ3) is 4.01. The SMILES string of the molecule is CCCC(=O)NCC(C)c1ccc(F)cc1. The van der Waals surface area contributed by atoms with E-state index in [4.69, 9.17) is 0 Å². The maximum absolute atomic E-state index is 12.7. The van der Waals surface area contributed by atoms with E-state index in [9.17, 15) is 9.18 Å². The molecule has 0 aliphatic heterocycles. The second-order valence-corrected chi connectivity index (χ2v) is 4.01. The van der Waals surface area contributed by atoms with Gasteiger partial charge < -0.3 is 5.32 Å². The van der Waals surface area contributed by atoms with Crippen molar-refractivity contribution in [1.29, 1.82) is 0 Å². The lowest BCUT2D eigenvalue weighted by Gasteiger charge is -2.12. The molecule has 0 aromatic heterocycles. The lowest BCUT2D eigenvalue weighted by molar-refractivity contribution is -0.121. The van der Waals surface area contributed by atoms with E-state index in [2.05, 4.69) is 5.32 Å². The van der Waals surface area contributed by atoms with E-state index in [1.807, 2.05) is 13.8 Å². The summed E-state index contributed by atoms with van der Waals surface area (Å²) in [6.45, 7) is 4.59. The highest BCUT2D eigenvalue weighted by molar-refractivity contribution is 5.75. The number of carbonyl (C=O) groups is 1. The van der Waals surface area contributed by atoms with Crippen LogP contribution >= 0.6 is 0 Å². The molecule has 0 saturated carbocycles. The molecule has 0 saturated heterocycles. The summed E-state index contributed by atoms with van der Waals surface area (Å²) in [5.41, 5.74) is 1.04. The van der Waals surface area contributed by atoms with E-state index in [1.54, 1.807) is 12.1 Å². The quantitative estimate of drug-likeness (QED) is 0.817. The zero-order valence-electron chi connectivity index (χ0n) is 9.79. The number of hydrogen-bond donors (Lipinski definition) is 1. The van der Waals surface area contributed by atoms with Gasteiger partial charge in [-0.1, -0.05) is 26.0 Å². The van der Waals surface area contributed by atoms with Gasteiger partial charge in [-0.2, -0.15) is 0 Å². The molecule has 0 bridgehead atoms. The zero-order chi connectivity index (χ0) is 12.0. The molecule has 88 valence electrons. The minimum absolute atomic E-state index is 0.0801. The minimum Gasteiger partial charge on any atom is -0.356 e. The summed E-state index contributed by atoms with van der Waals surface area (Å²) in [4.78, 5) is 11.3. The van der Waals surface area contributed by atoms with Gasteiger partial charge in [0, 0.05) is 13.0 Å². The van der Waals surface area contributed by atoms with E-state index in [-0.39, 0.29) is 17.6 Å². The number of benzene rings is 1. The number of hydrogen-bond acceptors (Lipinski definition) is 1. The number of rotatable bonds is 5. The van der Waals surface area contributed by atoms with E-state index in [0.717, 1.165) is 12.0 Å². The first-order chi connectivity index (χ1) is 7.63. The van der Waals surface area contributed by atoms with Crippen molar-refractivity contribution in [2.75, 3.05) is 6.54 Å². The third-order valence-corrected chi connectivity index (χ3v) is 2.52. The lowest BCUT2D eigenvalue weighted by Crippen LogP contribution is -2.27. The number of halogens is 1. The summed E-state index contributed by atoms with van der Waals surface area (Å²) >= 11 is 0. The van der Waals surface area contributed by atoms with Gasteiger partial charge in [0.25, 0.3) is 0 Å². The predicted molar refractivity (Wildman–Crippen MR) is 62.7 cm³/mol. The molecule has 2 nitrogen and oxygen atoms in total. The Labute approximate surface area is 95.9 Å². The van der Waals surface area contributed by atoms with Crippen LogP contribution in [0.1, 0.15) is 38.2 Å². The Bertz CT molecular complexity index is 334. The Morgan fingerprint density at radius 1 is 1.38 bits per heavy atom. The van der Waals surface area contributed by atoms with Crippen molar-refractivity contribution in [2.45, 2.75) is 32.6 Å². The smallest absolute Gasteiger partial charge is 0.220 e. The van der Waals surface area contributed by atoms with Crippen LogP contribution in [0.3, 0.4) is 0 Å². The maximum atomic E-state index is 12.7. The molecule has 0 heterocycles. The number of amides is 1. The van der Waals surface area contributed by atoms with Gasteiger partial charge in [0.05, 0.1) is 0 Å². The summed E-state index contributed by atoms with van der Waals surface area (Å²) in [5.74, 6) is 0.0591. The summed E-state index contributed by atoms with van der Waals surface area (Å²) in [6.07, 6.45) is 1.42. The van der Waals surface area contributed by atoms with Gasteiger partial charge in [0.15, 0.2) is 0 Å². The normalized spacial score (nSPS) is 12.2. The van der Waals surface area contributed by atoms with Gasteiger partial charge in [-0.15, -0.1) is 0 Å². The second kappa shape index (κ2) is 6.26. The fourth-order valence-corrected chi connectivity index (χ4v) is 1.49. The van der Waals surface area contributed by atoms with Crippen molar-refractivity contribution < 1.29 is 9.18 Å². The third-order valence-electron chi connectivity index (χ3n) is 2.52. The monoisotopic (exact) mass is 223 g/mol. The van der Waals surface area contributed by atoms with Gasteiger partial charge in [-0.3, -0.25) is 4.79 Å². The standard InChI is InChI=1S/C13H18FNO/c1-3-4-13(16)15-9-10(2)11-5-7-12(14)8-6-11/h5-8,10H,3-4,9H2,1-2H3,(H,15,16). The Morgan fingerprint density at radius 2 is 2.00 bits per heavy atom. The van der Waals surface area contributed by atoms with Crippen LogP contribution in [0, 0.1) is 5.82 Å². The van der Waals surface area contributed by atoms with Crippen LogP contribution in [-0.4, -0.2) is 12.5 Å². The molecule has 1 aromatic rings. The van der Waals surface area contributed by atoms with Gasteiger partial charge in [-0.05, 0) is 30.0 Å². The highest BCUT2D eigenvalue weighted by Crippen LogP contribution is 2.14. The first-order valence-corrected chi connectivity index (χ1v) is 5.65. The molecule has 1 amide bonds. The van der Waals surface area contributed by atoms with Crippen molar-refractivity contribution in [3.05, 3.63) is 35.6 Å². The molecule has 0 aliphatic carbocycles. The van der Waals surface area contributed by atoms with E-state index < -0.39 is 0 Å². The number of nitrogens with one attached hydrogen (secondary N) is 1. The summed E-state index contributed by atoms with van der Waals surface area (Å²) < 4.78 is 12.7. The van der Waals surface area contributed by atoms with Gasteiger partial charge in [0.1, 0.15) is 5.82 Å². The van der Waals surface area contributed by atoms with Crippen LogP contribution in [0.5, 0.6) is 0 Å². The van der Waals surface area contributed by atoms with Crippen LogP contribution in [-0.2, 0) is 4.79 Å². The fraction of sp³-hybridized carbons (Fsp3) is 0.462. The van der Waals surface area contributed by atoms with Crippen LogP contribution in [0.4, 0.5) is 4.39 Å². The van der Waals surface area contributed by atoms with Crippen LogP contribution in [0.25, 0.3) is 0 Å². The molecular weight excluding hydrogens is 205 g/mol. The molecule has 0 fully saturated rings. The molecule has 1 atom stereocenters. The highest BCUT2D eigenvalue weighted by Gasteiger charge is 2.07. The molecule has 0 radical (unpaired) electrons. The first-order valence-electron chi connectivity index (χ1n) is 5.65. The van der Waals surface area contributed by atoms with Gasteiger partial charge in [-0.25, -0.2) is 4.39 Å². The lowest BCUT2D eigenvalue weighted by atomic mass is 10.0. The van der Waals surface area contributed by atoms with E-state index >= 15 is 0 Å². The second-order valence-electron chi connectivity index (χ2n) is 4.01. The molecule has 1 rings (SSSR count). The first kappa shape index (κ1) is 12.7. The zero-order valence-corrected chi connectivity index (χ0v) is 9.79.